The van der Waals surface area contributed by atoms with Crippen LogP contribution in [0.1, 0.15) is 32.1 Å². The molecule has 1 saturated carbocycles. The molecule has 1 amide bonds. The van der Waals surface area contributed by atoms with E-state index < -0.39 is 23.8 Å². The monoisotopic (exact) mass is 219 g/mol. The molecular weight excluding hydrogens is 205 g/mol. The number of hydrogen-bond acceptors (Lipinski definition) is 2. The number of hydrogen-bond donors (Lipinski definition) is 3. The van der Waals surface area contributed by atoms with Gasteiger partial charge in [0, 0.05) is 6.42 Å². The predicted molar refractivity (Wildman–Crippen MR) is 49.5 cm³/mol. The Morgan fingerprint density at radius 1 is 1.33 bits per heavy atom. The lowest BCUT2D eigenvalue weighted by atomic mass is 9.95. The number of carbonyl (C=O) groups is 2. The van der Waals surface area contributed by atoms with Gasteiger partial charge in [0.15, 0.2) is 0 Å². The summed E-state index contributed by atoms with van der Waals surface area (Å²) in [7, 11) is 0. The summed E-state index contributed by atoms with van der Waals surface area (Å²) in [4.78, 5) is 21.0. The Morgan fingerprint density at radius 3 is 2.27 bits per heavy atom. The third-order valence-electron chi connectivity index (χ3n) is 2.67. The summed E-state index contributed by atoms with van der Waals surface area (Å²) >= 11 is 0. The summed E-state index contributed by atoms with van der Waals surface area (Å²) in [6, 6.07) is -1.36. The third kappa shape index (κ3) is 3.38. The summed E-state index contributed by atoms with van der Waals surface area (Å²) in [5.41, 5.74) is -1.52. The molecule has 0 unspecified atom stereocenters. The first-order chi connectivity index (χ1) is 6.93. The van der Waals surface area contributed by atoms with E-state index >= 15 is 0 Å². The van der Waals surface area contributed by atoms with Crippen molar-refractivity contribution in [2.75, 3.05) is 0 Å². The van der Waals surface area contributed by atoms with Gasteiger partial charge in [-0.25, -0.2) is 14.0 Å². The first-order valence-electron chi connectivity index (χ1n) is 4.84. The zero-order valence-electron chi connectivity index (χ0n) is 8.20. The van der Waals surface area contributed by atoms with E-state index in [1.807, 2.05) is 5.32 Å². The number of alkyl halides is 1. The Bertz CT molecular complexity index is 263. The Labute approximate surface area is 86.3 Å². The van der Waals surface area contributed by atoms with Crippen molar-refractivity contribution in [3.8, 4) is 0 Å². The second kappa shape index (κ2) is 4.46. The van der Waals surface area contributed by atoms with Crippen LogP contribution < -0.4 is 5.32 Å². The second-order valence-electron chi connectivity index (χ2n) is 3.90. The molecule has 6 heteroatoms. The van der Waals surface area contributed by atoms with Gasteiger partial charge in [0.2, 0.25) is 0 Å². The van der Waals surface area contributed by atoms with Crippen LogP contribution in [-0.4, -0.2) is 34.0 Å². The Balaban J connectivity index is 2.57. The lowest BCUT2D eigenvalue weighted by Crippen LogP contribution is -2.44. The fraction of sp³-hybridized carbons (Fsp3) is 0.778. The van der Waals surface area contributed by atoms with Gasteiger partial charge in [0.05, 0.1) is 0 Å². The lowest BCUT2D eigenvalue weighted by molar-refractivity contribution is -0.140. The van der Waals surface area contributed by atoms with Crippen molar-refractivity contribution in [1.82, 2.24) is 5.32 Å². The maximum absolute atomic E-state index is 13.9. The zero-order valence-corrected chi connectivity index (χ0v) is 8.20. The fourth-order valence-corrected chi connectivity index (χ4v) is 1.93. The van der Waals surface area contributed by atoms with E-state index in [-0.39, 0.29) is 6.42 Å². The Kier molecular flexibility index (Phi) is 3.49. The molecule has 0 aromatic carbocycles. The Morgan fingerprint density at radius 2 is 1.87 bits per heavy atom. The maximum Gasteiger partial charge on any atom is 0.405 e. The number of rotatable bonds is 4. The first kappa shape index (κ1) is 11.7. The fourth-order valence-electron chi connectivity index (χ4n) is 1.93. The van der Waals surface area contributed by atoms with Crippen LogP contribution in [-0.2, 0) is 4.79 Å². The van der Waals surface area contributed by atoms with E-state index in [0.717, 1.165) is 12.8 Å². The van der Waals surface area contributed by atoms with Gasteiger partial charge < -0.3 is 15.5 Å². The summed E-state index contributed by atoms with van der Waals surface area (Å²) in [5.74, 6) is -1.33. The molecule has 0 aromatic rings. The number of halogens is 1. The third-order valence-corrected chi connectivity index (χ3v) is 2.67. The number of nitrogens with one attached hydrogen (secondary N) is 1. The van der Waals surface area contributed by atoms with E-state index in [4.69, 9.17) is 10.2 Å². The van der Waals surface area contributed by atoms with Crippen LogP contribution in [0.15, 0.2) is 0 Å². The van der Waals surface area contributed by atoms with Crippen molar-refractivity contribution in [2.24, 2.45) is 0 Å². The summed E-state index contributed by atoms with van der Waals surface area (Å²) in [5, 5.41) is 18.9. The predicted octanol–water partition coefficient (Wildman–Crippen LogP) is 1.38. The van der Waals surface area contributed by atoms with Crippen LogP contribution >= 0.6 is 0 Å². The van der Waals surface area contributed by atoms with Crippen molar-refractivity contribution in [1.29, 1.82) is 0 Å². The van der Waals surface area contributed by atoms with Gasteiger partial charge in [-0.15, -0.1) is 0 Å². The van der Waals surface area contributed by atoms with E-state index in [1.54, 1.807) is 0 Å². The average molecular weight is 219 g/mol. The molecule has 1 rings (SSSR count). The zero-order chi connectivity index (χ0) is 11.5. The second-order valence-corrected chi connectivity index (χ2v) is 3.90. The van der Waals surface area contributed by atoms with Crippen LogP contribution in [0.25, 0.3) is 0 Å². The molecule has 0 saturated heterocycles. The molecule has 0 aromatic heterocycles. The van der Waals surface area contributed by atoms with Crippen LogP contribution in [0.2, 0.25) is 0 Å². The minimum absolute atomic E-state index is 0.283. The van der Waals surface area contributed by atoms with Crippen molar-refractivity contribution in [3.63, 3.8) is 0 Å². The van der Waals surface area contributed by atoms with E-state index in [1.165, 1.54) is 0 Å². The first-order valence-corrected chi connectivity index (χ1v) is 4.84. The van der Waals surface area contributed by atoms with Gasteiger partial charge in [-0.2, -0.15) is 0 Å². The molecule has 1 aliphatic carbocycles. The highest BCUT2D eigenvalue weighted by molar-refractivity contribution is 5.79. The molecular formula is C9H14FNO4. The van der Waals surface area contributed by atoms with E-state index in [0.29, 0.717) is 12.8 Å². The quantitative estimate of drug-likeness (QED) is 0.666. The van der Waals surface area contributed by atoms with Gasteiger partial charge in [-0.1, -0.05) is 12.8 Å². The molecule has 1 fully saturated rings. The number of amides is 1. The molecule has 3 N–H and O–H groups in total. The van der Waals surface area contributed by atoms with Crippen LogP contribution in [0, 0.1) is 0 Å². The molecule has 15 heavy (non-hydrogen) atoms. The van der Waals surface area contributed by atoms with Crippen LogP contribution in [0.3, 0.4) is 0 Å². The highest BCUT2D eigenvalue weighted by Gasteiger charge is 2.38. The summed E-state index contributed by atoms with van der Waals surface area (Å²) < 4.78 is 13.9. The smallest absolute Gasteiger partial charge is 0.405 e. The number of carboxylic acid groups (broad SMARTS) is 2. The number of aliphatic carboxylic acids is 1. The van der Waals surface area contributed by atoms with Gasteiger partial charge in [0.25, 0.3) is 0 Å². The van der Waals surface area contributed by atoms with Gasteiger partial charge in [-0.3, -0.25) is 0 Å². The molecule has 5 nitrogen and oxygen atoms in total. The molecule has 1 aliphatic rings. The van der Waals surface area contributed by atoms with Crippen molar-refractivity contribution in [2.45, 2.75) is 43.8 Å². The standard InChI is InChI=1S/C9H14FNO4/c10-9(3-1-2-4-9)5-6(7(12)13)11-8(14)15/h6,11H,1-5H2,(H,12,13)(H,14,15)/t6-/m0/s1. The minimum atomic E-state index is -1.52. The topological polar surface area (TPSA) is 86.6 Å². The average Bonchev–Trinajstić information content (AvgIpc) is 2.50. The Hall–Kier alpha value is -1.33. The summed E-state index contributed by atoms with van der Waals surface area (Å²) in [6.07, 6.45) is 0.375. The van der Waals surface area contributed by atoms with Crippen molar-refractivity contribution < 1.29 is 24.2 Å². The van der Waals surface area contributed by atoms with Crippen molar-refractivity contribution in [3.05, 3.63) is 0 Å². The van der Waals surface area contributed by atoms with Gasteiger partial charge in [-0.05, 0) is 12.8 Å². The van der Waals surface area contributed by atoms with Crippen LogP contribution in [0.4, 0.5) is 9.18 Å². The minimum Gasteiger partial charge on any atom is -0.480 e. The van der Waals surface area contributed by atoms with Crippen LogP contribution in [0.5, 0.6) is 0 Å². The lowest BCUT2D eigenvalue weighted by Gasteiger charge is -2.22. The van der Waals surface area contributed by atoms with E-state index in [2.05, 4.69) is 0 Å². The SMILES string of the molecule is O=C(O)N[C@@H](CC1(F)CCCC1)C(=O)O. The van der Waals surface area contributed by atoms with Gasteiger partial charge >= 0.3 is 12.1 Å². The van der Waals surface area contributed by atoms with E-state index in [9.17, 15) is 14.0 Å². The molecule has 0 spiro atoms. The maximum atomic E-state index is 13.9. The largest absolute Gasteiger partial charge is 0.480 e. The molecule has 0 radical (unpaired) electrons. The normalized spacial score (nSPS) is 20.9. The molecule has 1 atom stereocenters. The molecule has 0 bridgehead atoms. The number of carboxylic acids is 1. The molecule has 0 heterocycles. The van der Waals surface area contributed by atoms with Crippen molar-refractivity contribution >= 4 is 12.1 Å². The highest BCUT2D eigenvalue weighted by Crippen LogP contribution is 2.37. The molecule has 86 valence electrons. The molecule has 0 aliphatic heterocycles. The highest BCUT2D eigenvalue weighted by atomic mass is 19.1. The van der Waals surface area contributed by atoms with Gasteiger partial charge in [0.1, 0.15) is 11.7 Å². The summed E-state index contributed by atoms with van der Waals surface area (Å²) in [6.45, 7) is 0.